The first-order chi connectivity index (χ1) is 13.5. The second kappa shape index (κ2) is 6.52. The van der Waals surface area contributed by atoms with Crippen LogP contribution in [0.5, 0.6) is 0 Å². The number of rotatable bonds is 2. The Kier molecular flexibility index (Phi) is 4.21. The fraction of sp³-hybridized carbons (Fsp3) is 0.300. The molecule has 2 aromatic rings. The molecule has 0 unspecified atom stereocenters. The van der Waals surface area contributed by atoms with Crippen LogP contribution in [0.25, 0.3) is 0 Å². The molecule has 3 atom stereocenters. The summed E-state index contributed by atoms with van der Waals surface area (Å²) in [6.07, 6.45) is 0.908. The summed E-state index contributed by atoms with van der Waals surface area (Å²) in [6, 6.07) is 9.98. The van der Waals surface area contributed by atoms with E-state index < -0.39 is 12.0 Å². The van der Waals surface area contributed by atoms with Crippen LogP contribution >= 0.6 is 23.2 Å². The number of hydrazine groups is 1. The molecule has 144 valence electrons. The molecule has 0 N–H and O–H groups in total. The van der Waals surface area contributed by atoms with Crippen LogP contribution in [0, 0.1) is 11.7 Å². The van der Waals surface area contributed by atoms with Crippen LogP contribution in [-0.4, -0.2) is 41.0 Å². The monoisotopic (exact) mass is 419 g/mol. The maximum Gasteiger partial charge on any atom is 0.253 e. The molecule has 0 saturated carbocycles. The fourth-order valence-corrected chi connectivity index (χ4v) is 5.21. The van der Waals surface area contributed by atoms with Crippen LogP contribution in [0.3, 0.4) is 0 Å². The van der Waals surface area contributed by atoms with E-state index >= 15 is 0 Å². The first-order valence-electron chi connectivity index (χ1n) is 9.08. The molecular weight excluding hydrogens is 404 g/mol. The average Bonchev–Trinajstić information content (AvgIpc) is 3.27. The van der Waals surface area contributed by atoms with Crippen LogP contribution in [0.2, 0.25) is 10.0 Å². The average molecular weight is 420 g/mol. The number of hydrogen-bond donors (Lipinski definition) is 0. The van der Waals surface area contributed by atoms with Crippen LogP contribution in [-0.2, 0) is 9.59 Å². The van der Waals surface area contributed by atoms with Crippen LogP contribution < -0.4 is 4.90 Å². The molecule has 2 aromatic carbocycles. The van der Waals surface area contributed by atoms with Gasteiger partial charge in [0.1, 0.15) is 11.9 Å². The van der Waals surface area contributed by atoms with E-state index in [0.717, 1.165) is 18.5 Å². The summed E-state index contributed by atoms with van der Waals surface area (Å²) in [5, 5.41) is 4.79. The Morgan fingerprint density at radius 3 is 2.11 bits per heavy atom. The predicted molar refractivity (Wildman–Crippen MR) is 103 cm³/mol. The molecule has 2 amide bonds. The number of imide groups is 1. The van der Waals surface area contributed by atoms with Crippen molar-refractivity contribution in [2.45, 2.75) is 18.5 Å². The quantitative estimate of drug-likeness (QED) is 0.696. The highest BCUT2D eigenvalue weighted by Crippen LogP contribution is 2.49. The normalized spacial score (nSPS) is 27.5. The van der Waals surface area contributed by atoms with Gasteiger partial charge in [-0.3, -0.25) is 9.59 Å². The SMILES string of the molecule is O=C1[C@@H]2[C@@H](c3ccc(F)cc3)N3CCCN3[C@H]2C(=O)N1c1cc(Cl)cc(Cl)c1. The number of halogens is 3. The minimum atomic E-state index is -0.567. The first kappa shape index (κ1) is 18.1. The number of benzene rings is 2. The molecule has 5 nitrogen and oxygen atoms in total. The Labute approximate surface area is 171 Å². The highest BCUT2D eigenvalue weighted by atomic mass is 35.5. The maximum atomic E-state index is 13.4. The van der Waals surface area contributed by atoms with Crippen molar-refractivity contribution in [1.29, 1.82) is 0 Å². The van der Waals surface area contributed by atoms with E-state index in [9.17, 15) is 14.0 Å². The zero-order valence-electron chi connectivity index (χ0n) is 14.7. The molecule has 0 aliphatic carbocycles. The number of carbonyl (C=O) groups excluding carboxylic acids is 2. The first-order valence-corrected chi connectivity index (χ1v) is 9.84. The van der Waals surface area contributed by atoms with Gasteiger partial charge in [-0.25, -0.2) is 19.3 Å². The second-order valence-corrected chi connectivity index (χ2v) is 8.16. The predicted octanol–water partition coefficient (Wildman–Crippen LogP) is 3.67. The third kappa shape index (κ3) is 2.59. The lowest BCUT2D eigenvalue weighted by molar-refractivity contribution is -0.126. The van der Waals surface area contributed by atoms with Gasteiger partial charge in [0, 0.05) is 23.1 Å². The summed E-state index contributed by atoms with van der Waals surface area (Å²) in [5.74, 6) is -1.45. The number of fused-ring (bicyclic) bond motifs is 3. The lowest BCUT2D eigenvalue weighted by atomic mass is 9.90. The third-order valence-corrected chi connectivity index (χ3v) is 6.16. The van der Waals surface area contributed by atoms with Gasteiger partial charge < -0.3 is 0 Å². The van der Waals surface area contributed by atoms with E-state index in [-0.39, 0.29) is 23.7 Å². The van der Waals surface area contributed by atoms with Gasteiger partial charge in [0.05, 0.1) is 17.6 Å². The highest BCUT2D eigenvalue weighted by molar-refractivity contribution is 6.35. The summed E-state index contributed by atoms with van der Waals surface area (Å²) < 4.78 is 13.4. The topological polar surface area (TPSA) is 43.9 Å². The standard InChI is InChI=1S/C20H16Cl2FN3O2/c21-12-8-13(22)10-15(9-12)26-19(27)16-17(11-2-4-14(23)5-3-11)24-6-1-7-25(24)18(16)20(26)28/h2-5,8-10,16-18H,1,6-7H2/t16-,17-,18-/m1/s1. The molecule has 3 aliphatic heterocycles. The Balaban J connectivity index is 1.59. The van der Waals surface area contributed by atoms with Crippen molar-refractivity contribution in [3.05, 3.63) is 63.9 Å². The van der Waals surface area contributed by atoms with Crippen LogP contribution in [0.15, 0.2) is 42.5 Å². The minimum absolute atomic E-state index is 0.273. The zero-order valence-corrected chi connectivity index (χ0v) is 16.2. The smallest absolute Gasteiger partial charge is 0.253 e. The highest BCUT2D eigenvalue weighted by Gasteiger charge is 2.62. The Morgan fingerprint density at radius 2 is 1.46 bits per heavy atom. The van der Waals surface area contributed by atoms with Crippen LogP contribution in [0.4, 0.5) is 10.1 Å². The molecule has 3 fully saturated rings. The van der Waals surface area contributed by atoms with Crippen LogP contribution in [0.1, 0.15) is 18.0 Å². The summed E-state index contributed by atoms with van der Waals surface area (Å²) in [5.41, 5.74) is 1.21. The van der Waals surface area contributed by atoms with E-state index in [2.05, 4.69) is 5.01 Å². The summed E-state index contributed by atoms with van der Waals surface area (Å²) in [4.78, 5) is 27.9. The molecule has 3 heterocycles. The van der Waals surface area contributed by atoms with Crippen molar-refractivity contribution in [3.63, 3.8) is 0 Å². The lowest BCUT2D eigenvalue weighted by Crippen LogP contribution is -2.44. The third-order valence-electron chi connectivity index (χ3n) is 5.72. The summed E-state index contributed by atoms with van der Waals surface area (Å²) in [7, 11) is 0. The van der Waals surface area contributed by atoms with E-state index in [1.54, 1.807) is 30.3 Å². The number of hydrogen-bond acceptors (Lipinski definition) is 4. The van der Waals surface area contributed by atoms with Gasteiger partial charge in [0.2, 0.25) is 5.91 Å². The Morgan fingerprint density at radius 1 is 0.857 bits per heavy atom. The molecule has 28 heavy (non-hydrogen) atoms. The van der Waals surface area contributed by atoms with Gasteiger partial charge in [-0.05, 0) is 42.3 Å². The van der Waals surface area contributed by atoms with Crippen molar-refractivity contribution in [2.75, 3.05) is 18.0 Å². The number of carbonyl (C=O) groups is 2. The molecule has 0 aromatic heterocycles. The molecule has 3 saturated heterocycles. The van der Waals surface area contributed by atoms with Gasteiger partial charge >= 0.3 is 0 Å². The van der Waals surface area contributed by atoms with Gasteiger partial charge in [-0.1, -0.05) is 35.3 Å². The van der Waals surface area contributed by atoms with Gasteiger partial charge in [0.25, 0.3) is 5.91 Å². The lowest BCUT2D eigenvalue weighted by Gasteiger charge is -2.29. The van der Waals surface area contributed by atoms with E-state index in [1.165, 1.54) is 17.0 Å². The molecular formula is C20H16Cl2FN3O2. The minimum Gasteiger partial charge on any atom is -0.274 e. The van der Waals surface area contributed by atoms with E-state index in [0.29, 0.717) is 22.3 Å². The largest absolute Gasteiger partial charge is 0.274 e. The van der Waals surface area contributed by atoms with Crippen molar-refractivity contribution < 1.29 is 14.0 Å². The molecule has 5 rings (SSSR count). The van der Waals surface area contributed by atoms with Crippen molar-refractivity contribution in [1.82, 2.24) is 10.0 Å². The number of amides is 2. The molecule has 0 spiro atoms. The van der Waals surface area contributed by atoms with Gasteiger partial charge in [-0.15, -0.1) is 0 Å². The van der Waals surface area contributed by atoms with Gasteiger partial charge in [0.15, 0.2) is 0 Å². The Bertz CT molecular complexity index is 964. The molecule has 3 aliphatic rings. The molecule has 8 heteroatoms. The zero-order chi connectivity index (χ0) is 19.6. The van der Waals surface area contributed by atoms with E-state index in [1.807, 2.05) is 5.01 Å². The second-order valence-electron chi connectivity index (χ2n) is 7.29. The maximum absolute atomic E-state index is 13.4. The van der Waals surface area contributed by atoms with Crippen molar-refractivity contribution >= 4 is 40.7 Å². The van der Waals surface area contributed by atoms with Crippen molar-refractivity contribution in [2.24, 2.45) is 5.92 Å². The molecule has 0 bridgehead atoms. The van der Waals surface area contributed by atoms with Gasteiger partial charge in [-0.2, -0.15) is 0 Å². The Hall–Kier alpha value is -1.99. The number of nitrogens with zero attached hydrogens (tertiary/aromatic N) is 3. The summed E-state index contributed by atoms with van der Waals surface area (Å²) >= 11 is 12.2. The fourth-order valence-electron chi connectivity index (χ4n) is 4.70. The van der Waals surface area contributed by atoms with Crippen molar-refractivity contribution in [3.8, 4) is 0 Å². The molecule has 0 radical (unpaired) electrons. The summed E-state index contributed by atoms with van der Waals surface area (Å²) in [6.45, 7) is 1.47. The van der Waals surface area contributed by atoms with E-state index in [4.69, 9.17) is 23.2 Å². The number of anilines is 1.